The molecule has 1 N–H and O–H groups in total. The van der Waals surface area contributed by atoms with Gasteiger partial charge in [0.25, 0.3) is 0 Å². The van der Waals surface area contributed by atoms with Gasteiger partial charge >= 0.3 is 0 Å². The number of carbonyl (C=O) groups is 1. The SMILES string of the molecule is C=CC(=O)N1CC[C]2C(=NC(=C(C=C)C=C)N=C2C2=C[CH]NC=C2)C1. The Morgan fingerprint density at radius 3 is 2.64 bits per heavy atom. The Labute approximate surface area is 148 Å². The summed E-state index contributed by atoms with van der Waals surface area (Å²) < 4.78 is 0. The highest BCUT2D eigenvalue weighted by molar-refractivity contribution is 6.30. The average Bonchev–Trinajstić information content (AvgIpc) is 2.68. The van der Waals surface area contributed by atoms with Crippen molar-refractivity contribution in [3.05, 3.63) is 85.7 Å². The van der Waals surface area contributed by atoms with E-state index in [0.29, 0.717) is 25.3 Å². The summed E-state index contributed by atoms with van der Waals surface area (Å²) in [6, 6.07) is 0. The minimum Gasteiger partial charge on any atom is -0.382 e. The lowest BCUT2D eigenvalue weighted by Crippen LogP contribution is -2.46. The van der Waals surface area contributed by atoms with Crippen LogP contribution in [0.25, 0.3) is 0 Å². The first kappa shape index (κ1) is 16.9. The van der Waals surface area contributed by atoms with Crippen molar-refractivity contribution in [1.29, 1.82) is 0 Å². The number of likely N-dealkylation sites (tertiary alicyclic amines) is 1. The van der Waals surface area contributed by atoms with Gasteiger partial charge in [-0.15, -0.1) is 0 Å². The first-order valence-corrected chi connectivity index (χ1v) is 8.07. The third-order valence-corrected chi connectivity index (χ3v) is 4.24. The summed E-state index contributed by atoms with van der Waals surface area (Å²) in [6.45, 7) is 14.1. The number of dihydropyridines is 1. The quantitative estimate of drug-likeness (QED) is 0.805. The topological polar surface area (TPSA) is 57.1 Å². The molecule has 0 bridgehead atoms. The Bertz CT molecular complexity index is 770. The Morgan fingerprint density at radius 1 is 1.20 bits per heavy atom. The monoisotopic (exact) mass is 332 g/mol. The fourth-order valence-corrected chi connectivity index (χ4v) is 2.93. The zero-order valence-corrected chi connectivity index (χ0v) is 14.0. The molecule has 3 aliphatic heterocycles. The summed E-state index contributed by atoms with van der Waals surface area (Å²) in [4.78, 5) is 23.2. The molecule has 5 heteroatoms. The number of piperidine rings is 1. The predicted molar refractivity (Wildman–Crippen MR) is 102 cm³/mol. The molecule has 0 atom stereocenters. The van der Waals surface area contributed by atoms with E-state index in [1.165, 1.54) is 6.08 Å². The normalized spacial score (nSPS) is 19.8. The van der Waals surface area contributed by atoms with E-state index in [1.807, 2.05) is 24.9 Å². The van der Waals surface area contributed by atoms with Gasteiger partial charge in [-0.05, 0) is 30.3 Å². The molecule has 3 rings (SSSR count). The van der Waals surface area contributed by atoms with Gasteiger partial charge in [0, 0.05) is 12.1 Å². The second-order valence-corrected chi connectivity index (χ2v) is 5.69. The molecule has 1 saturated heterocycles. The Kier molecular flexibility index (Phi) is 4.93. The van der Waals surface area contributed by atoms with Gasteiger partial charge in [0.05, 0.1) is 30.4 Å². The van der Waals surface area contributed by atoms with Crippen LogP contribution in [0.4, 0.5) is 0 Å². The minimum absolute atomic E-state index is 0.0849. The molecule has 2 radical (unpaired) electrons. The van der Waals surface area contributed by atoms with Crippen molar-refractivity contribution in [3.63, 3.8) is 0 Å². The largest absolute Gasteiger partial charge is 0.382 e. The number of hydrogen-bond acceptors (Lipinski definition) is 4. The molecule has 25 heavy (non-hydrogen) atoms. The first-order valence-electron chi connectivity index (χ1n) is 8.07. The number of carbonyl (C=O) groups excluding carboxylic acids is 1. The number of nitrogens with zero attached hydrogens (tertiary/aromatic N) is 3. The van der Waals surface area contributed by atoms with Crippen LogP contribution in [0, 0.1) is 12.5 Å². The van der Waals surface area contributed by atoms with Crippen molar-refractivity contribution >= 4 is 17.3 Å². The lowest BCUT2D eigenvalue weighted by molar-refractivity contribution is -0.125. The number of hydrogen-bond donors (Lipinski definition) is 1. The zero-order valence-electron chi connectivity index (χ0n) is 14.0. The number of nitrogens with one attached hydrogen (secondary N) is 1. The highest BCUT2D eigenvalue weighted by Gasteiger charge is 2.35. The Balaban J connectivity index is 2.03. The third kappa shape index (κ3) is 3.31. The van der Waals surface area contributed by atoms with Crippen LogP contribution in [-0.4, -0.2) is 35.3 Å². The second-order valence-electron chi connectivity index (χ2n) is 5.69. The molecule has 0 unspecified atom stereocenters. The van der Waals surface area contributed by atoms with Gasteiger partial charge in [-0.25, -0.2) is 9.98 Å². The summed E-state index contributed by atoms with van der Waals surface area (Å²) in [5.74, 6) is 1.56. The van der Waals surface area contributed by atoms with E-state index in [1.54, 1.807) is 17.1 Å². The third-order valence-electron chi connectivity index (χ3n) is 4.24. The van der Waals surface area contributed by atoms with E-state index < -0.39 is 0 Å². The number of fused-ring (bicyclic) bond motifs is 1. The molecule has 0 aromatic heterocycles. The van der Waals surface area contributed by atoms with Crippen LogP contribution in [0.1, 0.15) is 6.42 Å². The van der Waals surface area contributed by atoms with E-state index in [4.69, 9.17) is 4.99 Å². The molecule has 0 saturated carbocycles. The minimum atomic E-state index is -0.0849. The van der Waals surface area contributed by atoms with Gasteiger partial charge in [-0.3, -0.25) is 4.79 Å². The molecular weight excluding hydrogens is 312 g/mol. The van der Waals surface area contributed by atoms with Crippen molar-refractivity contribution in [2.75, 3.05) is 13.1 Å². The van der Waals surface area contributed by atoms with Crippen molar-refractivity contribution < 1.29 is 4.79 Å². The van der Waals surface area contributed by atoms with Gasteiger partial charge in [0.2, 0.25) is 5.91 Å². The predicted octanol–water partition coefficient (Wildman–Crippen LogP) is 2.66. The summed E-state index contributed by atoms with van der Waals surface area (Å²) in [5.41, 5.74) is 3.52. The maximum Gasteiger partial charge on any atom is 0.246 e. The molecule has 3 aliphatic rings. The van der Waals surface area contributed by atoms with Crippen LogP contribution in [0.5, 0.6) is 0 Å². The van der Waals surface area contributed by atoms with Gasteiger partial charge in [0.1, 0.15) is 0 Å². The van der Waals surface area contributed by atoms with Crippen LogP contribution in [0.2, 0.25) is 0 Å². The smallest absolute Gasteiger partial charge is 0.246 e. The molecule has 0 aromatic carbocycles. The summed E-state index contributed by atoms with van der Waals surface area (Å²) in [6.07, 6.45) is 11.3. The average molecular weight is 332 g/mol. The fourth-order valence-electron chi connectivity index (χ4n) is 2.93. The van der Waals surface area contributed by atoms with Crippen LogP contribution in [-0.2, 0) is 4.79 Å². The fraction of sp³-hybridized carbons (Fsp3) is 0.150. The number of allylic oxidation sites excluding steroid dienone is 5. The van der Waals surface area contributed by atoms with Crippen LogP contribution in [0.3, 0.4) is 0 Å². The van der Waals surface area contributed by atoms with Gasteiger partial charge < -0.3 is 10.2 Å². The molecule has 1 fully saturated rings. The van der Waals surface area contributed by atoms with Gasteiger partial charge in [0.15, 0.2) is 5.82 Å². The van der Waals surface area contributed by atoms with E-state index in [9.17, 15) is 4.79 Å². The molecule has 0 spiro atoms. The molecule has 5 nitrogen and oxygen atoms in total. The number of aliphatic imine (C=N–C) groups is 2. The highest BCUT2D eigenvalue weighted by atomic mass is 16.2. The van der Waals surface area contributed by atoms with Crippen LogP contribution in [0.15, 0.2) is 83.3 Å². The molecular formula is C20H20N4O. The van der Waals surface area contributed by atoms with Crippen molar-refractivity contribution in [2.24, 2.45) is 9.98 Å². The van der Waals surface area contributed by atoms with E-state index in [-0.39, 0.29) is 5.91 Å². The van der Waals surface area contributed by atoms with Crippen molar-refractivity contribution in [2.45, 2.75) is 6.42 Å². The van der Waals surface area contributed by atoms with Crippen molar-refractivity contribution in [3.8, 4) is 0 Å². The summed E-state index contributed by atoms with van der Waals surface area (Å²) in [5, 5.41) is 3.03. The van der Waals surface area contributed by atoms with Crippen LogP contribution >= 0.6 is 0 Å². The molecule has 0 aliphatic carbocycles. The molecule has 126 valence electrons. The first-order chi connectivity index (χ1) is 12.2. The summed E-state index contributed by atoms with van der Waals surface area (Å²) in [7, 11) is 0. The van der Waals surface area contributed by atoms with Crippen LogP contribution < -0.4 is 5.32 Å². The van der Waals surface area contributed by atoms with E-state index in [2.05, 4.69) is 30.0 Å². The highest BCUT2D eigenvalue weighted by Crippen LogP contribution is 2.31. The summed E-state index contributed by atoms with van der Waals surface area (Å²) >= 11 is 0. The maximum atomic E-state index is 12.0. The lowest BCUT2D eigenvalue weighted by atomic mass is 9.84. The van der Waals surface area contributed by atoms with Crippen molar-refractivity contribution in [1.82, 2.24) is 10.2 Å². The molecule has 1 amide bonds. The van der Waals surface area contributed by atoms with E-state index >= 15 is 0 Å². The standard InChI is InChI=1S/C20H20N4O/c1-4-14(5-2)20-22-17-13-24(18(25)6-3)12-9-16(17)19(23-20)15-7-10-21-11-8-15/h4-8,10-11,21H,1-3,9,12-13H2. The molecule has 3 heterocycles. The second kappa shape index (κ2) is 7.30. The zero-order chi connectivity index (χ0) is 17.8. The Morgan fingerprint density at radius 2 is 2.00 bits per heavy atom. The molecule has 0 aromatic rings. The van der Waals surface area contributed by atoms with E-state index in [0.717, 1.165) is 28.5 Å². The Hall–Kier alpha value is -2.95. The number of rotatable bonds is 4. The lowest BCUT2D eigenvalue weighted by Gasteiger charge is -2.35. The number of amides is 1. The van der Waals surface area contributed by atoms with Gasteiger partial charge in [-0.1, -0.05) is 38.0 Å². The van der Waals surface area contributed by atoms with Gasteiger partial charge in [-0.2, -0.15) is 0 Å². The maximum absolute atomic E-state index is 12.0.